The fraction of sp³-hybridized carbons (Fsp3) is 0.667. The van der Waals surface area contributed by atoms with Gasteiger partial charge in [0.2, 0.25) is 5.88 Å². The average Bonchev–Trinajstić information content (AvgIpc) is 2.39. The Balaban J connectivity index is 2.00. The number of likely N-dealkylation sites (tertiary alicyclic amines) is 1. The Morgan fingerprint density at radius 2 is 2.29 bits per heavy atom. The van der Waals surface area contributed by atoms with Crippen LogP contribution in [0, 0.1) is 5.92 Å². The van der Waals surface area contributed by atoms with Crippen molar-refractivity contribution in [3.63, 3.8) is 0 Å². The van der Waals surface area contributed by atoms with Crippen molar-refractivity contribution in [1.82, 2.24) is 14.9 Å². The van der Waals surface area contributed by atoms with Crippen molar-refractivity contribution in [2.24, 2.45) is 11.7 Å². The molecule has 2 rings (SSSR count). The highest BCUT2D eigenvalue weighted by Gasteiger charge is 2.20. The highest BCUT2D eigenvalue weighted by molar-refractivity contribution is 5.16. The van der Waals surface area contributed by atoms with Crippen LogP contribution < -0.4 is 10.5 Å². The third kappa shape index (κ3) is 3.14. The predicted molar refractivity (Wildman–Crippen MR) is 65.6 cm³/mol. The maximum Gasteiger partial charge on any atom is 0.236 e. The lowest BCUT2D eigenvalue weighted by molar-refractivity contribution is 0.167. The van der Waals surface area contributed by atoms with Crippen molar-refractivity contribution in [3.05, 3.63) is 18.1 Å². The minimum absolute atomic E-state index is 0.617. The Hall–Kier alpha value is -1.20. The second-order valence-corrected chi connectivity index (χ2v) is 4.49. The summed E-state index contributed by atoms with van der Waals surface area (Å²) in [6.07, 6.45) is 5.82. The minimum atomic E-state index is 0.617. The predicted octanol–water partition coefficient (Wildman–Crippen LogP) is 0.656. The van der Waals surface area contributed by atoms with Crippen molar-refractivity contribution in [3.8, 4) is 5.88 Å². The van der Waals surface area contributed by atoms with E-state index in [9.17, 15) is 0 Å². The van der Waals surface area contributed by atoms with Gasteiger partial charge in [0, 0.05) is 25.5 Å². The van der Waals surface area contributed by atoms with Crippen molar-refractivity contribution in [1.29, 1.82) is 0 Å². The van der Waals surface area contributed by atoms with Gasteiger partial charge in [-0.1, -0.05) is 0 Å². The smallest absolute Gasteiger partial charge is 0.236 e. The van der Waals surface area contributed by atoms with Crippen molar-refractivity contribution < 1.29 is 4.74 Å². The van der Waals surface area contributed by atoms with E-state index in [4.69, 9.17) is 10.5 Å². The molecule has 5 nitrogen and oxygen atoms in total. The van der Waals surface area contributed by atoms with E-state index in [1.54, 1.807) is 19.5 Å². The van der Waals surface area contributed by atoms with E-state index in [-0.39, 0.29) is 0 Å². The number of nitrogens with zero attached hydrogens (tertiary/aromatic N) is 3. The summed E-state index contributed by atoms with van der Waals surface area (Å²) < 4.78 is 5.22. The van der Waals surface area contributed by atoms with Gasteiger partial charge in [-0.3, -0.25) is 9.88 Å². The molecule has 0 spiro atoms. The Morgan fingerprint density at radius 3 is 3.06 bits per heavy atom. The van der Waals surface area contributed by atoms with Gasteiger partial charge >= 0.3 is 0 Å². The second kappa shape index (κ2) is 5.93. The van der Waals surface area contributed by atoms with Crippen molar-refractivity contribution >= 4 is 0 Å². The van der Waals surface area contributed by atoms with Crippen LogP contribution in [-0.2, 0) is 6.54 Å². The lowest BCUT2D eigenvalue weighted by atomic mass is 9.98. The molecule has 94 valence electrons. The maximum absolute atomic E-state index is 5.74. The highest BCUT2D eigenvalue weighted by Crippen LogP contribution is 2.19. The van der Waals surface area contributed by atoms with Crippen molar-refractivity contribution in [2.45, 2.75) is 19.4 Å². The van der Waals surface area contributed by atoms with Crippen LogP contribution in [0.25, 0.3) is 0 Å². The second-order valence-electron chi connectivity index (χ2n) is 4.49. The monoisotopic (exact) mass is 236 g/mol. The van der Waals surface area contributed by atoms with Gasteiger partial charge in [0.25, 0.3) is 0 Å². The maximum atomic E-state index is 5.74. The Morgan fingerprint density at radius 1 is 1.47 bits per heavy atom. The van der Waals surface area contributed by atoms with Crippen LogP contribution in [0.5, 0.6) is 5.88 Å². The average molecular weight is 236 g/mol. The first-order valence-electron chi connectivity index (χ1n) is 6.09. The van der Waals surface area contributed by atoms with E-state index in [0.29, 0.717) is 11.8 Å². The first-order chi connectivity index (χ1) is 8.33. The molecule has 17 heavy (non-hydrogen) atoms. The third-order valence-corrected chi connectivity index (χ3v) is 3.24. The van der Waals surface area contributed by atoms with Gasteiger partial charge in [-0.25, -0.2) is 4.98 Å². The summed E-state index contributed by atoms with van der Waals surface area (Å²) in [7, 11) is 1.63. The fourth-order valence-electron chi connectivity index (χ4n) is 2.33. The molecular weight excluding hydrogens is 216 g/mol. The molecule has 1 fully saturated rings. The molecule has 0 amide bonds. The number of methoxy groups -OCH3 is 1. The Bertz CT molecular complexity index is 358. The number of rotatable bonds is 4. The van der Waals surface area contributed by atoms with Crippen LogP contribution >= 0.6 is 0 Å². The number of aromatic nitrogens is 2. The van der Waals surface area contributed by atoms with Gasteiger partial charge in [0.05, 0.1) is 7.11 Å². The van der Waals surface area contributed by atoms with Crippen LogP contribution in [0.3, 0.4) is 0 Å². The standard InChI is InChI=1S/C12H20N4O/c1-17-12-11(14-4-5-15-12)9-16-6-2-3-10(7-13)8-16/h4-5,10H,2-3,6-9,13H2,1H3. The molecule has 0 radical (unpaired) electrons. The minimum Gasteiger partial charge on any atom is -0.480 e. The van der Waals surface area contributed by atoms with E-state index in [0.717, 1.165) is 31.9 Å². The third-order valence-electron chi connectivity index (χ3n) is 3.24. The summed E-state index contributed by atoms with van der Waals surface area (Å²) in [6.45, 7) is 3.73. The molecule has 1 saturated heterocycles. The van der Waals surface area contributed by atoms with Crippen LogP contribution in [0.1, 0.15) is 18.5 Å². The van der Waals surface area contributed by atoms with E-state index in [1.807, 2.05) is 0 Å². The largest absolute Gasteiger partial charge is 0.480 e. The summed E-state index contributed by atoms with van der Waals surface area (Å²) in [5, 5.41) is 0. The van der Waals surface area contributed by atoms with Gasteiger partial charge in [-0.05, 0) is 31.8 Å². The van der Waals surface area contributed by atoms with Crippen LogP contribution in [0.15, 0.2) is 12.4 Å². The quantitative estimate of drug-likeness (QED) is 0.832. The number of piperidine rings is 1. The molecule has 0 aromatic carbocycles. The summed E-state index contributed by atoms with van der Waals surface area (Å²) in [4.78, 5) is 10.9. The van der Waals surface area contributed by atoms with Gasteiger partial charge < -0.3 is 10.5 Å². The van der Waals surface area contributed by atoms with E-state index < -0.39 is 0 Å². The fourth-order valence-corrected chi connectivity index (χ4v) is 2.33. The van der Waals surface area contributed by atoms with Crippen LogP contribution in [0.4, 0.5) is 0 Å². The SMILES string of the molecule is COc1nccnc1CN1CCCC(CN)C1. The number of nitrogens with two attached hydrogens (primary N) is 1. The van der Waals surface area contributed by atoms with Crippen molar-refractivity contribution in [2.75, 3.05) is 26.7 Å². The molecular formula is C12H20N4O. The molecule has 1 unspecified atom stereocenters. The molecule has 2 heterocycles. The van der Waals surface area contributed by atoms with Gasteiger partial charge in [-0.15, -0.1) is 0 Å². The molecule has 1 aliphatic rings. The Labute approximate surface area is 102 Å². The van der Waals surface area contributed by atoms with Gasteiger partial charge in [-0.2, -0.15) is 0 Å². The van der Waals surface area contributed by atoms with E-state index in [1.165, 1.54) is 12.8 Å². The summed E-state index contributed by atoms with van der Waals surface area (Å²) in [5.74, 6) is 1.24. The van der Waals surface area contributed by atoms with Gasteiger partial charge in [0.1, 0.15) is 5.69 Å². The van der Waals surface area contributed by atoms with Crippen LogP contribution in [-0.4, -0.2) is 41.6 Å². The first kappa shape index (κ1) is 12.3. The Kier molecular flexibility index (Phi) is 4.28. The van der Waals surface area contributed by atoms with Gasteiger partial charge in [0.15, 0.2) is 0 Å². The zero-order valence-electron chi connectivity index (χ0n) is 10.3. The molecule has 1 aliphatic heterocycles. The summed E-state index contributed by atoms with van der Waals surface area (Å²) in [5.41, 5.74) is 6.65. The molecule has 0 bridgehead atoms. The van der Waals surface area contributed by atoms with Crippen LogP contribution in [0.2, 0.25) is 0 Å². The number of hydrogen-bond acceptors (Lipinski definition) is 5. The first-order valence-corrected chi connectivity index (χ1v) is 6.09. The number of ether oxygens (including phenoxy) is 1. The molecule has 1 atom stereocenters. The molecule has 0 aliphatic carbocycles. The van der Waals surface area contributed by atoms with E-state index >= 15 is 0 Å². The highest BCUT2D eigenvalue weighted by atomic mass is 16.5. The summed E-state index contributed by atoms with van der Waals surface area (Å²) >= 11 is 0. The zero-order valence-corrected chi connectivity index (χ0v) is 10.3. The molecule has 5 heteroatoms. The topological polar surface area (TPSA) is 64.3 Å². The molecule has 0 saturated carbocycles. The summed E-state index contributed by atoms with van der Waals surface area (Å²) in [6, 6.07) is 0. The zero-order chi connectivity index (χ0) is 12.1. The normalized spacial score (nSPS) is 21.4. The lowest BCUT2D eigenvalue weighted by Gasteiger charge is -2.31. The van der Waals surface area contributed by atoms with E-state index in [2.05, 4.69) is 14.9 Å². The molecule has 1 aromatic heterocycles. The molecule has 1 aromatic rings. The lowest BCUT2D eigenvalue weighted by Crippen LogP contribution is -2.38. The number of hydrogen-bond donors (Lipinski definition) is 1. The molecule has 2 N–H and O–H groups in total.